The van der Waals surface area contributed by atoms with Crippen LogP contribution in [0.15, 0.2) is 18.2 Å². The molecular weight excluding hydrogens is 232 g/mol. The van der Waals surface area contributed by atoms with E-state index in [0.29, 0.717) is 11.0 Å². The standard InChI is InChI=1S/C13H18N2OS/c1-9-7-11(3-4-12(9)13(14)17)15-5-6-16-8-10(15)2/h3-4,7,10H,5-6,8H2,1-2H3,(H2,14,17). The molecule has 2 N–H and O–H groups in total. The predicted molar refractivity (Wildman–Crippen MR) is 74.7 cm³/mol. The van der Waals surface area contributed by atoms with Crippen molar-refractivity contribution in [2.45, 2.75) is 19.9 Å². The van der Waals surface area contributed by atoms with Crippen molar-refractivity contribution in [3.63, 3.8) is 0 Å². The maximum absolute atomic E-state index is 5.67. The molecule has 0 aromatic heterocycles. The Morgan fingerprint density at radius 1 is 1.53 bits per heavy atom. The zero-order valence-corrected chi connectivity index (χ0v) is 11.1. The highest BCUT2D eigenvalue weighted by atomic mass is 32.1. The van der Waals surface area contributed by atoms with E-state index in [0.717, 1.165) is 30.9 Å². The van der Waals surface area contributed by atoms with Gasteiger partial charge in [-0.1, -0.05) is 12.2 Å². The van der Waals surface area contributed by atoms with Crippen LogP contribution in [-0.2, 0) is 4.74 Å². The summed E-state index contributed by atoms with van der Waals surface area (Å²) in [6, 6.07) is 6.66. The minimum absolute atomic E-state index is 0.416. The molecule has 1 aliphatic rings. The number of morpholine rings is 1. The van der Waals surface area contributed by atoms with Gasteiger partial charge in [0.25, 0.3) is 0 Å². The lowest BCUT2D eigenvalue weighted by molar-refractivity contribution is 0.0989. The maximum Gasteiger partial charge on any atom is 0.104 e. The fourth-order valence-electron chi connectivity index (χ4n) is 2.21. The molecule has 1 saturated heterocycles. The van der Waals surface area contributed by atoms with Crippen molar-refractivity contribution < 1.29 is 4.74 Å². The number of hydrogen-bond acceptors (Lipinski definition) is 3. The first kappa shape index (κ1) is 12.3. The molecule has 0 radical (unpaired) electrons. The van der Waals surface area contributed by atoms with Gasteiger partial charge in [0.2, 0.25) is 0 Å². The van der Waals surface area contributed by atoms with E-state index in [1.54, 1.807) is 0 Å². The topological polar surface area (TPSA) is 38.5 Å². The number of thiocarbonyl (C=S) groups is 1. The van der Waals surface area contributed by atoms with E-state index in [2.05, 4.69) is 24.0 Å². The Morgan fingerprint density at radius 3 is 2.88 bits per heavy atom. The molecule has 0 amide bonds. The molecule has 3 nitrogen and oxygen atoms in total. The van der Waals surface area contributed by atoms with Gasteiger partial charge in [0, 0.05) is 23.8 Å². The lowest BCUT2D eigenvalue weighted by atomic mass is 10.1. The summed E-state index contributed by atoms with van der Waals surface area (Å²) in [6.07, 6.45) is 0. The Kier molecular flexibility index (Phi) is 3.64. The second-order valence-corrected chi connectivity index (χ2v) is 4.92. The Bertz CT molecular complexity index is 433. The molecule has 1 fully saturated rings. The van der Waals surface area contributed by atoms with Crippen LogP contribution in [-0.4, -0.2) is 30.8 Å². The average Bonchev–Trinajstić information content (AvgIpc) is 2.29. The zero-order valence-electron chi connectivity index (χ0n) is 10.3. The third-order valence-corrected chi connectivity index (χ3v) is 3.39. The molecule has 0 aliphatic carbocycles. The van der Waals surface area contributed by atoms with Crippen LogP contribution in [0.5, 0.6) is 0 Å². The van der Waals surface area contributed by atoms with Gasteiger partial charge in [-0.05, 0) is 37.6 Å². The molecule has 1 aliphatic heterocycles. The van der Waals surface area contributed by atoms with E-state index >= 15 is 0 Å². The van der Waals surface area contributed by atoms with Crippen LogP contribution in [0.1, 0.15) is 18.1 Å². The van der Waals surface area contributed by atoms with E-state index in [1.165, 1.54) is 5.69 Å². The van der Waals surface area contributed by atoms with Gasteiger partial charge in [0.15, 0.2) is 0 Å². The Hall–Kier alpha value is -1.13. The summed E-state index contributed by atoms with van der Waals surface area (Å²) in [6.45, 7) is 6.74. The molecule has 2 rings (SSSR count). The molecule has 0 saturated carbocycles. The predicted octanol–water partition coefficient (Wildman–Crippen LogP) is 1.85. The second kappa shape index (κ2) is 5.02. The number of benzene rings is 1. The first-order chi connectivity index (χ1) is 8.09. The average molecular weight is 250 g/mol. The number of nitrogens with zero attached hydrogens (tertiary/aromatic N) is 1. The van der Waals surface area contributed by atoms with Crippen molar-refractivity contribution in [2.24, 2.45) is 5.73 Å². The van der Waals surface area contributed by atoms with Crippen LogP contribution in [0.25, 0.3) is 0 Å². The summed E-state index contributed by atoms with van der Waals surface area (Å²) in [5.41, 5.74) is 8.98. The summed E-state index contributed by atoms with van der Waals surface area (Å²) < 4.78 is 5.44. The van der Waals surface area contributed by atoms with E-state index < -0.39 is 0 Å². The molecule has 92 valence electrons. The molecule has 1 aromatic rings. The first-order valence-corrected chi connectivity index (χ1v) is 6.25. The van der Waals surface area contributed by atoms with Crippen LogP contribution in [0.4, 0.5) is 5.69 Å². The smallest absolute Gasteiger partial charge is 0.104 e. The number of hydrogen-bond donors (Lipinski definition) is 1. The van der Waals surface area contributed by atoms with Crippen molar-refractivity contribution in [1.29, 1.82) is 0 Å². The highest BCUT2D eigenvalue weighted by Gasteiger charge is 2.19. The van der Waals surface area contributed by atoms with Crippen LogP contribution in [0, 0.1) is 6.92 Å². The number of nitrogens with two attached hydrogens (primary N) is 1. The Morgan fingerprint density at radius 2 is 2.29 bits per heavy atom. The molecule has 0 spiro atoms. The van der Waals surface area contributed by atoms with Gasteiger partial charge >= 0.3 is 0 Å². The van der Waals surface area contributed by atoms with Crippen molar-refractivity contribution >= 4 is 22.9 Å². The Balaban J connectivity index is 2.27. The maximum atomic E-state index is 5.67. The third kappa shape index (κ3) is 2.58. The van der Waals surface area contributed by atoms with Crippen LogP contribution in [0.2, 0.25) is 0 Å². The largest absolute Gasteiger partial charge is 0.389 e. The fraction of sp³-hybridized carbons (Fsp3) is 0.462. The van der Waals surface area contributed by atoms with Gasteiger partial charge in [-0.25, -0.2) is 0 Å². The molecule has 4 heteroatoms. The highest BCUT2D eigenvalue weighted by Crippen LogP contribution is 2.22. The molecule has 17 heavy (non-hydrogen) atoms. The van der Waals surface area contributed by atoms with Crippen molar-refractivity contribution in [2.75, 3.05) is 24.7 Å². The quantitative estimate of drug-likeness (QED) is 0.813. The monoisotopic (exact) mass is 250 g/mol. The molecule has 1 heterocycles. The third-order valence-electron chi connectivity index (χ3n) is 3.17. The Labute approximate surface area is 108 Å². The van der Waals surface area contributed by atoms with E-state index in [1.807, 2.05) is 13.0 Å². The summed E-state index contributed by atoms with van der Waals surface area (Å²) in [5.74, 6) is 0. The molecule has 0 bridgehead atoms. The van der Waals surface area contributed by atoms with Crippen LogP contribution < -0.4 is 10.6 Å². The molecule has 1 unspecified atom stereocenters. The zero-order chi connectivity index (χ0) is 12.4. The van der Waals surface area contributed by atoms with Crippen molar-refractivity contribution in [3.05, 3.63) is 29.3 Å². The van der Waals surface area contributed by atoms with Crippen LogP contribution in [0.3, 0.4) is 0 Å². The lowest BCUT2D eigenvalue weighted by Crippen LogP contribution is -2.43. The second-order valence-electron chi connectivity index (χ2n) is 4.48. The summed E-state index contributed by atoms with van der Waals surface area (Å²) in [7, 11) is 0. The normalized spacial score (nSPS) is 20.4. The van der Waals surface area contributed by atoms with Gasteiger partial charge < -0.3 is 15.4 Å². The van der Waals surface area contributed by atoms with Crippen molar-refractivity contribution in [3.8, 4) is 0 Å². The van der Waals surface area contributed by atoms with Gasteiger partial charge in [-0.15, -0.1) is 0 Å². The van der Waals surface area contributed by atoms with Gasteiger partial charge in [-0.3, -0.25) is 0 Å². The molecular formula is C13H18N2OS. The van der Waals surface area contributed by atoms with E-state index in [4.69, 9.17) is 22.7 Å². The minimum Gasteiger partial charge on any atom is -0.389 e. The molecule has 1 aromatic carbocycles. The lowest BCUT2D eigenvalue weighted by Gasteiger charge is -2.35. The fourth-order valence-corrected chi connectivity index (χ4v) is 2.44. The van der Waals surface area contributed by atoms with E-state index in [9.17, 15) is 0 Å². The molecule has 1 atom stereocenters. The summed E-state index contributed by atoms with van der Waals surface area (Å²) in [5, 5.41) is 0. The summed E-state index contributed by atoms with van der Waals surface area (Å²) >= 11 is 5.02. The number of anilines is 1. The van der Waals surface area contributed by atoms with Gasteiger partial charge in [-0.2, -0.15) is 0 Å². The van der Waals surface area contributed by atoms with Gasteiger partial charge in [0.05, 0.1) is 13.2 Å². The van der Waals surface area contributed by atoms with Gasteiger partial charge in [0.1, 0.15) is 4.99 Å². The minimum atomic E-state index is 0.416. The van der Waals surface area contributed by atoms with Crippen LogP contribution >= 0.6 is 12.2 Å². The van der Waals surface area contributed by atoms with Crippen molar-refractivity contribution in [1.82, 2.24) is 0 Å². The number of rotatable bonds is 2. The SMILES string of the molecule is Cc1cc(N2CCOCC2C)ccc1C(N)=S. The number of aryl methyl sites for hydroxylation is 1. The highest BCUT2D eigenvalue weighted by molar-refractivity contribution is 7.80. The number of ether oxygens (including phenoxy) is 1. The summed E-state index contributed by atoms with van der Waals surface area (Å²) in [4.78, 5) is 2.82. The van der Waals surface area contributed by atoms with E-state index in [-0.39, 0.29) is 0 Å². The first-order valence-electron chi connectivity index (χ1n) is 5.84.